The summed E-state index contributed by atoms with van der Waals surface area (Å²) in [5, 5.41) is 5.64. The molecule has 0 radical (unpaired) electrons. The highest BCUT2D eigenvalue weighted by molar-refractivity contribution is 5.87. The van der Waals surface area contributed by atoms with Crippen molar-refractivity contribution in [3.63, 3.8) is 0 Å². The number of fused-ring (bicyclic) bond motifs is 1. The lowest BCUT2D eigenvalue weighted by Crippen LogP contribution is -2.39. The molecule has 3 heterocycles. The fourth-order valence-corrected chi connectivity index (χ4v) is 3.90. The number of hydrogen-bond acceptors (Lipinski definition) is 4. The van der Waals surface area contributed by atoms with E-state index in [1.165, 1.54) is 12.0 Å². The molecule has 0 aliphatic carbocycles. The molecule has 1 fully saturated rings. The SMILES string of the molecule is Cc1ccccc1-n1ncc2c(N3C[C@H](C)C[C@@H](C)C3)ncnc21. The Morgan fingerprint density at radius 1 is 1.04 bits per heavy atom. The van der Waals surface area contributed by atoms with Crippen molar-refractivity contribution in [2.75, 3.05) is 18.0 Å². The van der Waals surface area contributed by atoms with Gasteiger partial charge in [0.25, 0.3) is 0 Å². The second-order valence-electron chi connectivity index (χ2n) is 7.13. The summed E-state index contributed by atoms with van der Waals surface area (Å²) in [6, 6.07) is 8.25. The third-order valence-corrected chi connectivity index (χ3v) is 4.86. The molecule has 0 saturated carbocycles. The summed E-state index contributed by atoms with van der Waals surface area (Å²) < 4.78 is 1.92. The number of aromatic nitrogens is 4. The lowest BCUT2D eigenvalue weighted by Gasteiger charge is -2.35. The van der Waals surface area contributed by atoms with Crippen LogP contribution in [-0.4, -0.2) is 32.8 Å². The Morgan fingerprint density at radius 3 is 2.54 bits per heavy atom. The van der Waals surface area contributed by atoms with Crippen LogP contribution in [-0.2, 0) is 0 Å². The summed E-state index contributed by atoms with van der Waals surface area (Å²) in [5.74, 6) is 2.38. The lowest BCUT2D eigenvalue weighted by molar-refractivity contribution is 0.356. The zero-order valence-electron chi connectivity index (χ0n) is 14.5. The van der Waals surface area contributed by atoms with Crippen LogP contribution in [0.5, 0.6) is 0 Å². The average Bonchev–Trinajstić information content (AvgIpc) is 2.98. The molecule has 1 aliphatic heterocycles. The minimum atomic E-state index is 0.685. The third kappa shape index (κ3) is 2.54. The normalized spacial score (nSPS) is 21.4. The molecule has 0 bridgehead atoms. The van der Waals surface area contributed by atoms with Crippen LogP contribution in [0.15, 0.2) is 36.8 Å². The number of anilines is 1. The first kappa shape index (κ1) is 15.1. The average molecular weight is 321 g/mol. The van der Waals surface area contributed by atoms with E-state index in [0.717, 1.165) is 35.6 Å². The van der Waals surface area contributed by atoms with Gasteiger partial charge < -0.3 is 4.90 Å². The minimum absolute atomic E-state index is 0.685. The van der Waals surface area contributed by atoms with Crippen LogP contribution >= 0.6 is 0 Å². The number of hydrogen-bond donors (Lipinski definition) is 0. The van der Waals surface area contributed by atoms with Gasteiger partial charge in [0, 0.05) is 13.1 Å². The minimum Gasteiger partial charge on any atom is -0.355 e. The monoisotopic (exact) mass is 321 g/mol. The van der Waals surface area contributed by atoms with Crippen molar-refractivity contribution in [2.24, 2.45) is 11.8 Å². The Morgan fingerprint density at radius 2 is 1.79 bits per heavy atom. The molecule has 1 aliphatic rings. The quantitative estimate of drug-likeness (QED) is 0.723. The van der Waals surface area contributed by atoms with Gasteiger partial charge in [-0.15, -0.1) is 0 Å². The third-order valence-electron chi connectivity index (χ3n) is 4.86. The summed E-state index contributed by atoms with van der Waals surface area (Å²) in [5.41, 5.74) is 3.13. The highest BCUT2D eigenvalue weighted by Crippen LogP contribution is 2.30. The molecule has 5 heteroatoms. The molecule has 5 nitrogen and oxygen atoms in total. The van der Waals surface area contributed by atoms with E-state index >= 15 is 0 Å². The van der Waals surface area contributed by atoms with Crippen LogP contribution in [0.25, 0.3) is 16.7 Å². The van der Waals surface area contributed by atoms with E-state index in [2.05, 4.69) is 52.9 Å². The molecular formula is C19H23N5. The van der Waals surface area contributed by atoms with E-state index in [4.69, 9.17) is 0 Å². The highest BCUT2D eigenvalue weighted by Gasteiger charge is 2.25. The van der Waals surface area contributed by atoms with Crippen LogP contribution in [0.2, 0.25) is 0 Å². The van der Waals surface area contributed by atoms with E-state index in [1.54, 1.807) is 6.33 Å². The summed E-state index contributed by atoms with van der Waals surface area (Å²) in [6.07, 6.45) is 4.85. The fraction of sp³-hybridized carbons (Fsp3) is 0.421. The molecule has 3 aromatic rings. The standard InChI is InChI=1S/C19H23N5/c1-13-8-14(2)11-23(10-13)18-16-9-22-24(19(16)21-12-20-18)17-7-5-4-6-15(17)3/h4-7,9,12-14H,8,10-11H2,1-3H3/t13-,14-/m1/s1. The van der Waals surface area contributed by atoms with Gasteiger partial charge >= 0.3 is 0 Å². The van der Waals surface area contributed by atoms with Gasteiger partial charge in [-0.25, -0.2) is 14.6 Å². The second kappa shape index (κ2) is 5.89. The first-order valence-corrected chi connectivity index (χ1v) is 8.63. The van der Waals surface area contributed by atoms with Crippen LogP contribution < -0.4 is 4.90 Å². The van der Waals surface area contributed by atoms with Gasteiger partial charge in [-0.3, -0.25) is 0 Å². The van der Waals surface area contributed by atoms with E-state index in [0.29, 0.717) is 11.8 Å². The molecule has 0 N–H and O–H groups in total. The van der Waals surface area contributed by atoms with Crippen molar-refractivity contribution in [1.29, 1.82) is 0 Å². The topological polar surface area (TPSA) is 46.8 Å². The molecule has 1 saturated heterocycles. The Balaban J connectivity index is 1.81. The predicted octanol–water partition coefficient (Wildman–Crippen LogP) is 3.61. The number of benzene rings is 1. The predicted molar refractivity (Wildman–Crippen MR) is 96.6 cm³/mol. The van der Waals surface area contributed by atoms with Crippen molar-refractivity contribution in [3.05, 3.63) is 42.4 Å². The molecule has 4 rings (SSSR count). The lowest BCUT2D eigenvalue weighted by atomic mass is 9.92. The largest absolute Gasteiger partial charge is 0.355 e. The summed E-state index contributed by atoms with van der Waals surface area (Å²) in [4.78, 5) is 11.5. The zero-order chi connectivity index (χ0) is 16.7. The summed E-state index contributed by atoms with van der Waals surface area (Å²) >= 11 is 0. The Bertz CT molecular complexity index is 859. The van der Waals surface area contributed by atoms with Crippen LogP contribution in [0.3, 0.4) is 0 Å². The molecule has 24 heavy (non-hydrogen) atoms. The fourth-order valence-electron chi connectivity index (χ4n) is 3.90. The van der Waals surface area contributed by atoms with Gasteiger partial charge in [-0.1, -0.05) is 32.0 Å². The van der Waals surface area contributed by atoms with Crippen molar-refractivity contribution in [2.45, 2.75) is 27.2 Å². The second-order valence-corrected chi connectivity index (χ2v) is 7.13. The molecule has 0 spiro atoms. The Kier molecular flexibility index (Phi) is 3.71. The number of piperidine rings is 1. The van der Waals surface area contributed by atoms with E-state index in [-0.39, 0.29) is 0 Å². The van der Waals surface area contributed by atoms with Crippen molar-refractivity contribution in [3.8, 4) is 5.69 Å². The Labute approximate surface area is 142 Å². The van der Waals surface area contributed by atoms with Gasteiger partial charge in [-0.2, -0.15) is 5.10 Å². The molecule has 0 amide bonds. The van der Waals surface area contributed by atoms with Gasteiger partial charge in [0.1, 0.15) is 12.1 Å². The zero-order valence-corrected chi connectivity index (χ0v) is 14.5. The van der Waals surface area contributed by atoms with Crippen molar-refractivity contribution < 1.29 is 0 Å². The van der Waals surface area contributed by atoms with Crippen LogP contribution in [0, 0.1) is 18.8 Å². The van der Waals surface area contributed by atoms with Gasteiger partial charge in [-0.05, 0) is 36.8 Å². The summed E-state index contributed by atoms with van der Waals surface area (Å²) in [7, 11) is 0. The van der Waals surface area contributed by atoms with Gasteiger partial charge in [0.2, 0.25) is 0 Å². The van der Waals surface area contributed by atoms with Gasteiger partial charge in [0.05, 0.1) is 17.3 Å². The maximum absolute atomic E-state index is 4.61. The molecule has 2 aromatic heterocycles. The maximum atomic E-state index is 4.61. The van der Waals surface area contributed by atoms with Crippen molar-refractivity contribution in [1.82, 2.24) is 19.7 Å². The van der Waals surface area contributed by atoms with E-state index in [1.807, 2.05) is 23.0 Å². The molecule has 2 atom stereocenters. The van der Waals surface area contributed by atoms with E-state index in [9.17, 15) is 0 Å². The number of rotatable bonds is 2. The van der Waals surface area contributed by atoms with E-state index < -0.39 is 0 Å². The van der Waals surface area contributed by atoms with Crippen LogP contribution in [0.1, 0.15) is 25.8 Å². The molecule has 1 aromatic carbocycles. The molecular weight excluding hydrogens is 298 g/mol. The molecule has 124 valence electrons. The highest BCUT2D eigenvalue weighted by atomic mass is 15.3. The number of aryl methyl sites for hydroxylation is 1. The Hall–Kier alpha value is -2.43. The van der Waals surface area contributed by atoms with Crippen LogP contribution in [0.4, 0.5) is 5.82 Å². The summed E-state index contributed by atoms with van der Waals surface area (Å²) in [6.45, 7) is 8.83. The van der Waals surface area contributed by atoms with Gasteiger partial charge in [0.15, 0.2) is 5.65 Å². The molecule has 0 unspecified atom stereocenters. The first-order valence-electron chi connectivity index (χ1n) is 8.63. The number of para-hydroxylation sites is 1. The maximum Gasteiger partial charge on any atom is 0.168 e. The van der Waals surface area contributed by atoms with Crippen molar-refractivity contribution >= 4 is 16.9 Å². The number of nitrogens with zero attached hydrogens (tertiary/aromatic N) is 5. The first-order chi connectivity index (χ1) is 11.6. The smallest absolute Gasteiger partial charge is 0.168 e.